The lowest BCUT2D eigenvalue weighted by atomic mass is 10.1. The maximum Gasteiger partial charge on any atom is 0.255 e. The molecular weight excluding hydrogens is 350 g/mol. The predicted octanol–water partition coefficient (Wildman–Crippen LogP) is 3.74. The molecule has 1 aliphatic rings. The third kappa shape index (κ3) is 4.62. The Hall–Kier alpha value is -2.37. The summed E-state index contributed by atoms with van der Waals surface area (Å²) in [6.45, 7) is 1.89. The van der Waals surface area contributed by atoms with Crippen LogP contribution < -0.4 is 16.4 Å². The number of halogens is 1. The molecule has 2 unspecified atom stereocenters. The first-order valence-electron chi connectivity index (χ1n) is 8.57. The van der Waals surface area contributed by atoms with Gasteiger partial charge in [0.2, 0.25) is 5.91 Å². The van der Waals surface area contributed by atoms with E-state index in [1.807, 2.05) is 43.3 Å². The summed E-state index contributed by atoms with van der Waals surface area (Å²) in [6.07, 6.45) is 2.45. The van der Waals surface area contributed by atoms with Gasteiger partial charge in [-0.05, 0) is 56.0 Å². The predicted molar refractivity (Wildman–Crippen MR) is 107 cm³/mol. The zero-order valence-electron chi connectivity index (χ0n) is 14.7. The average Bonchev–Trinajstić information content (AvgIpc) is 3.05. The van der Waals surface area contributed by atoms with Crippen LogP contribution in [0.3, 0.4) is 0 Å². The molecule has 0 spiro atoms. The molecule has 0 saturated heterocycles. The first-order chi connectivity index (χ1) is 12.0. The molecule has 0 aliphatic heterocycles. The number of carbonyl (C=O) groups excluding carboxylic acids is 2. The van der Waals surface area contributed by atoms with Crippen LogP contribution in [0.1, 0.15) is 35.2 Å². The molecule has 1 saturated carbocycles. The first-order valence-corrected chi connectivity index (χ1v) is 8.57. The van der Waals surface area contributed by atoms with Gasteiger partial charge in [0.25, 0.3) is 5.91 Å². The Morgan fingerprint density at radius 2 is 1.62 bits per heavy atom. The molecule has 26 heavy (non-hydrogen) atoms. The van der Waals surface area contributed by atoms with Crippen LogP contribution >= 0.6 is 12.4 Å². The molecule has 138 valence electrons. The Kier molecular flexibility index (Phi) is 6.77. The smallest absolute Gasteiger partial charge is 0.255 e. The summed E-state index contributed by atoms with van der Waals surface area (Å²) in [4.78, 5) is 24.7. The molecule has 0 radical (unpaired) electrons. The topological polar surface area (TPSA) is 84.2 Å². The van der Waals surface area contributed by atoms with Crippen LogP contribution in [-0.2, 0) is 4.79 Å². The normalized spacial score (nSPS) is 18.7. The van der Waals surface area contributed by atoms with Crippen molar-refractivity contribution in [3.8, 4) is 0 Å². The molecule has 2 aromatic rings. The van der Waals surface area contributed by atoms with Gasteiger partial charge in [0.1, 0.15) is 0 Å². The fraction of sp³-hybridized carbons (Fsp3) is 0.300. The molecule has 4 N–H and O–H groups in total. The zero-order chi connectivity index (χ0) is 17.8. The lowest BCUT2D eigenvalue weighted by molar-refractivity contribution is -0.119. The largest absolute Gasteiger partial charge is 0.328 e. The second-order valence-corrected chi connectivity index (χ2v) is 6.56. The monoisotopic (exact) mass is 373 g/mol. The molecule has 2 atom stereocenters. The summed E-state index contributed by atoms with van der Waals surface area (Å²) < 4.78 is 0. The van der Waals surface area contributed by atoms with Gasteiger partial charge in [-0.25, -0.2) is 0 Å². The number of nitrogens with one attached hydrogen (secondary N) is 2. The first kappa shape index (κ1) is 19.9. The van der Waals surface area contributed by atoms with Crippen LogP contribution in [0.4, 0.5) is 11.4 Å². The van der Waals surface area contributed by atoms with E-state index in [-0.39, 0.29) is 36.2 Å². The number of benzene rings is 2. The van der Waals surface area contributed by atoms with E-state index in [1.54, 1.807) is 12.1 Å². The summed E-state index contributed by atoms with van der Waals surface area (Å²) in [5.41, 5.74) is 8.73. The standard InChI is InChI=1S/C20H23N3O2.ClH/c1-13-17(22-19(24)14-6-3-2-4-7-14)8-5-9-18(13)23-20(25)15-10-11-16(21)12-15;/h2-9,15-16H,10-12,21H2,1H3,(H,22,24)(H,23,25);1H. The Bertz CT molecular complexity index is 780. The molecule has 0 aromatic heterocycles. The second kappa shape index (κ2) is 8.83. The summed E-state index contributed by atoms with van der Waals surface area (Å²) in [6, 6.07) is 14.7. The van der Waals surface area contributed by atoms with Crippen LogP contribution in [0.15, 0.2) is 48.5 Å². The molecule has 1 aliphatic carbocycles. The zero-order valence-corrected chi connectivity index (χ0v) is 15.5. The van der Waals surface area contributed by atoms with Gasteiger partial charge in [-0.15, -0.1) is 12.4 Å². The highest BCUT2D eigenvalue weighted by Crippen LogP contribution is 2.28. The summed E-state index contributed by atoms with van der Waals surface area (Å²) in [5, 5.41) is 5.89. The van der Waals surface area contributed by atoms with Gasteiger partial charge < -0.3 is 16.4 Å². The summed E-state index contributed by atoms with van der Waals surface area (Å²) in [5.74, 6) is -0.200. The Morgan fingerprint density at radius 1 is 0.962 bits per heavy atom. The van der Waals surface area contributed by atoms with E-state index in [0.717, 1.165) is 30.5 Å². The molecule has 2 aromatic carbocycles. The Labute approximate surface area is 159 Å². The average molecular weight is 374 g/mol. The maximum absolute atomic E-state index is 12.4. The van der Waals surface area contributed by atoms with E-state index in [2.05, 4.69) is 10.6 Å². The van der Waals surface area contributed by atoms with Gasteiger partial charge in [-0.2, -0.15) is 0 Å². The highest BCUT2D eigenvalue weighted by Gasteiger charge is 2.28. The lowest BCUT2D eigenvalue weighted by Gasteiger charge is -2.15. The van der Waals surface area contributed by atoms with E-state index in [1.165, 1.54) is 0 Å². The fourth-order valence-electron chi connectivity index (χ4n) is 3.18. The summed E-state index contributed by atoms with van der Waals surface area (Å²) in [7, 11) is 0. The molecule has 3 rings (SSSR count). The van der Waals surface area contributed by atoms with Crippen molar-refractivity contribution in [2.24, 2.45) is 11.7 Å². The van der Waals surface area contributed by atoms with Crippen LogP contribution in [0.5, 0.6) is 0 Å². The quantitative estimate of drug-likeness (QED) is 0.763. The molecule has 6 heteroatoms. The third-order valence-electron chi connectivity index (χ3n) is 4.72. The highest BCUT2D eigenvalue weighted by molar-refractivity contribution is 6.05. The highest BCUT2D eigenvalue weighted by atomic mass is 35.5. The van der Waals surface area contributed by atoms with E-state index in [0.29, 0.717) is 11.3 Å². The van der Waals surface area contributed by atoms with Crippen LogP contribution in [0, 0.1) is 12.8 Å². The number of carbonyl (C=O) groups is 2. The van der Waals surface area contributed by atoms with Gasteiger partial charge >= 0.3 is 0 Å². The van der Waals surface area contributed by atoms with Gasteiger partial charge in [-0.1, -0.05) is 24.3 Å². The minimum Gasteiger partial charge on any atom is -0.328 e. The van der Waals surface area contributed by atoms with Crippen molar-refractivity contribution in [1.82, 2.24) is 0 Å². The van der Waals surface area contributed by atoms with E-state index in [4.69, 9.17) is 5.73 Å². The Morgan fingerprint density at radius 3 is 2.23 bits per heavy atom. The van der Waals surface area contributed by atoms with Crippen LogP contribution in [0.2, 0.25) is 0 Å². The second-order valence-electron chi connectivity index (χ2n) is 6.56. The van der Waals surface area contributed by atoms with Gasteiger partial charge in [0, 0.05) is 28.9 Å². The minimum absolute atomic E-state index is 0. The van der Waals surface area contributed by atoms with Gasteiger partial charge in [-0.3, -0.25) is 9.59 Å². The molecule has 5 nitrogen and oxygen atoms in total. The Balaban J connectivity index is 0.00000243. The third-order valence-corrected chi connectivity index (χ3v) is 4.72. The minimum atomic E-state index is -0.172. The fourth-order valence-corrected chi connectivity index (χ4v) is 3.18. The maximum atomic E-state index is 12.4. The number of anilines is 2. The number of amides is 2. The van der Waals surface area contributed by atoms with Crippen LogP contribution in [0.25, 0.3) is 0 Å². The van der Waals surface area contributed by atoms with Crippen molar-refractivity contribution >= 4 is 35.6 Å². The number of nitrogens with two attached hydrogens (primary N) is 1. The van der Waals surface area contributed by atoms with Crippen molar-refractivity contribution in [3.63, 3.8) is 0 Å². The van der Waals surface area contributed by atoms with Crippen molar-refractivity contribution in [3.05, 3.63) is 59.7 Å². The van der Waals surface area contributed by atoms with Gasteiger partial charge in [0.15, 0.2) is 0 Å². The van der Waals surface area contributed by atoms with E-state index >= 15 is 0 Å². The van der Waals surface area contributed by atoms with Crippen molar-refractivity contribution in [1.29, 1.82) is 0 Å². The van der Waals surface area contributed by atoms with Crippen molar-refractivity contribution in [2.75, 3.05) is 10.6 Å². The van der Waals surface area contributed by atoms with Gasteiger partial charge in [0.05, 0.1) is 0 Å². The molecule has 0 bridgehead atoms. The van der Waals surface area contributed by atoms with E-state index in [9.17, 15) is 9.59 Å². The molecular formula is C20H24ClN3O2. The van der Waals surface area contributed by atoms with E-state index < -0.39 is 0 Å². The van der Waals surface area contributed by atoms with Crippen molar-refractivity contribution in [2.45, 2.75) is 32.2 Å². The lowest BCUT2D eigenvalue weighted by Crippen LogP contribution is -2.23. The number of rotatable bonds is 4. The molecule has 0 heterocycles. The number of hydrogen-bond acceptors (Lipinski definition) is 3. The van der Waals surface area contributed by atoms with Crippen molar-refractivity contribution < 1.29 is 9.59 Å². The molecule has 1 fully saturated rings. The summed E-state index contributed by atoms with van der Waals surface area (Å²) >= 11 is 0. The molecule has 2 amide bonds. The van der Waals surface area contributed by atoms with Crippen LogP contribution in [-0.4, -0.2) is 17.9 Å². The SMILES string of the molecule is Cc1c(NC(=O)c2ccccc2)cccc1NC(=O)C1CCC(N)C1.Cl. The number of hydrogen-bond donors (Lipinski definition) is 3.